The lowest BCUT2D eigenvalue weighted by Crippen LogP contribution is -2.24. The van der Waals surface area contributed by atoms with Gasteiger partial charge in [0.2, 0.25) is 5.91 Å². The quantitative estimate of drug-likeness (QED) is 0.601. The first-order valence-electron chi connectivity index (χ1n) is 8.44. The van der Waals surface area contributed by atoms with Crippen LogP contribution in [0.15, 0.2) is 48.7 Å². The van der Waals surface area contributed by atoms with Crippen LogP contribution in [-0.4, -0.2) is 40.8 Å². The first kappa shape index (κ1) is 19.3. The maximum absolute atomic E-state index is 12.3. The fraction of sp³-hybridized carbons (Fsp3) is 0.211. The third-order valence-corrected chi connectivity index (χ3v) is 3.86. The minimum atomic E-state index is -2.94. The predicted octanol–water partition coefficient (Wildman–Crippen LogP) is 2.71. The van der Waals surface area contributed by atoms with E-state index >= 15 is 0 Å². The molecule has 3 rings (SSSR count). The van der Waals surface area contributed by atoms with Crippen LogP contribution in [0.5, 0.6) is 11.5 Å². The Bertz CT molecular complexity index is 988. The lowest BCUT2D eigenvalue weighted by atomic mass is 10.2. The zero-order chi connectivity index (χ0) is 19.9. The molecular formula is C19H18F2N4O3. The molecule has 146 valence electrons. The fourth-order valence-corrected chi connectivity index (χ4v) is 2.57. The maximum atomic E-state index is 12.3. The number of rotatable bonds is 8. The van der Waals surface area contributed by atoms with Crippen molar-refractivity contribution in [2.45, 2.75) is 13.0 Å². The molecule has 1 N–H and O–H groups in total. The van der Waals surface area contributed by atoms with Crippen molar-refractivity contribution in [2.24, 2.45) is 0 Å². The summed E-state index contributed by atoms with van der Waals surface area (Å²) in [6.07, 6.45) is 5.29. The topological polar surface area (TPSA) is 77.8 Å². The summed E-state index contributed by atoms with van der Waals surface area (Å²) in [7, 11) is 1.35. The van der Waals surface area contributed by atoms with Gasteiger partial charge in [0.05, 0.1) is 7.11 Å². The van der Waals surface area contributed by atoms with Gasteiger partial charge in [-0.15, -0.1) is 10.2 Å². The minimum absolute atomic E-state index is 0.0698. The van der Waals surface area contributed by atoms with E-state index in [2.05, 4.69) is 20.3 Å². The largest absolute Gasteiger partial charge is 0.493 e. The van der Waals surface area contributed by atoms with Gasteiger partial charge < -0.3 is 14.8 Å². The van der Waals surface area contributed by atoms with Crippen LogP contribution in [0.25, 0.3) is 11.7 Å². The van der Waals surface area contributed by atoms with Gasteiger partial charge in [0.25, 0.3) is 0 Å². The van der Waals surface area contributed by atoms with E-state index in [9.17, 15) is 13.6 Å². The molecule has 0 aliphatic carbocycles. The first-order valence-corrected chi connectivity index (χ1v) is 8.44. The van der Waals surface area contributed by atoms with Crippen LogP contribution in [0.4, 0.5) is 8.78 Å². The molecule has 28 heavy (non-hydrogen) atoms. The molecule has 0 aliphatic rings. The zero-order valence-corrected chi connectivity index (χ0v) is 15.0. The Labute approximate surface area is 159 Å². The number of alkyl halides is 2. The Morgan fingerprint density at radius 1 is 1.25 bits per heavy atom. The fourth-order valence-electron chi connectivity index (χ4n) is 2.57. The average Bonchev–Trinajstić information content (AvgIpc) is 3.10. The molecule has 0 spiro atoms. The second kappa shape index (κ2) is 8.94. The molecule has 0 saturated heterocycles. The number of fused-ring (bicyclic) bond motifs is 1. The number of nitrogens with one attached hydrogen (secondary N) is 1. The number of hydrogen-bond donors (Lipinski definition) is 1. The number of carbonyl (C=O) groups is 1. The molecule has 3 aromatic rings. The van der Waals surface area contributed by atoms with Crippen molar-refractivity contribution in [1.29, 1.82) is 0 Å². The summed E-state index contributed by atoms with van der Waals surface area (Å²) >= 11 is 0. The lowest BCUT2D eigenvalue weighted by molar-refractivity contribution is -0.116. The van der Waals surface area contributed by atoms with Crippen LogP contribution in [0.1, 0.15) is 11.4 Å². The van der Waals surface area contributed by atoms with Gasteiger partial charge in [0, 0.05) is 25.2 Å². The van der Waals surface area contributed by atoms with Crippen molar-refractivity contribution in [3.8, 4) is 11.5 Å². The van der Waals surface area contributed by atoms with E-state index in [4.69, 9.17) is 4.74 Å². The van der Waals surface area contributed by atoms with Crippen molar-refractivity contribution in [2.75, 3.05) is 13.7 Å². The highest BCUT2D eigenvalue weighted by Gasteiger charge is 2.10. The summed E-state index contributed by atoms with van der Waals surface area (Å²) in [5, 5.41) is 10.9. The summed E-state index contributed by atoms with van der Waals surface area (Å²) in [4.78, 5) is 12.0. The third-order valence-electron chi connectivity index (χ3n) is 3.86. The molecule has 0 radical (unpaired) electrons. The number of hydrogen-bond acceptors (Lipinski definition) is 5. The molecule has 2 heterocycles. The van der Waals surface area contributed by atoms with Gasteiger partial charge in [0.1, 0.15) is 5.82 Å². The molecule has 0 bridgehead atoms. The first-order chi connectivity index (χ1) is 13.6. The molecule has 0 saturated carbocycles. The maximum Gasteiger partial charge on any atom is 0.387 e. The summed E-state index contributed by atoms with van der Waals surface area (Å²) in [5.41, 5.74) is 1.36. The van der Waals surface area contributed by atoms with Gasteiger partial charge in [-0.25, -0.2) is 0 Å². The molecule has 1 amide bonds. The van der Waals surface area contributed by atoms with Gasteiger partial charge in [-0.3, -0.25) is 9.20 Å². The number of amides is 1. The van der Waals surface area contributed by atoms with E-state index < -0.39 is 6.61 Å². The second-order valence-electron chi connectivity index (χ2n) is 5.71. The van der Waals surface area contributed by atoms with Crippen molar-refractivity contribution < 1.29 is 23.0 Å². The Morgan fingerprint density at radius 2 is 2.11 bits per heavy atom. The minimum Gasteiger partial charge on any atom is -0.493 e. The molecule has 9 heteroatoms. The van der Waals surface area contributed by atoms with Crippen LogP contribution in [0, 0.1) is 0 Å². The number of benzene rings is 1. The highest BCUT2D eigenvalue weighted by molar-refractivity contribution is 5.91. The number of carbonyl (C=O) groups excluding carboxylic acids is 1. The second-order valence-corrected chi connectivity index (χ2v) is 5.71. The Morgan fingerprint density at radius 3 is 2.89 bits per heavy atom. The molecular weight excluding hydrogens is 370 g/mol. The van der Waals surface area contributed by atoms with E-state index in [1.807, 2.05) is 28.8 Å². The molecule has 0 aliphatic heterocycles. The van der Waals surface area contributed by atoms with Crippen molar-refractivity contribution in [1.82, 2.24) is 19.9 Å². The van der Waals surface area contributed by atoms with Crippen molar-refractivity contribution >= 4 is 17.6 Å². The highest BCUT2D eigenvalue weighted by Crippen LogP contribution is 2.29. The predicted molar refractivity (Wildman–Crippen MR) is 98.4 cm³/mol. The Kier molecular flexibility index (Phi) is 6.15. The normalized spacial score (nSPS) is 11.3. The van der Waals surface area contributed by atoms with Crippen LogP contribution in [-0.2, 0) is 11.2 Å². The Hall–Kier alpha value is -3.49. The summed E-state index contributed by atoms with van der Waals surface area (Å²) < 4.78 is 35.9. The van der Waals surface area contributed by atoms with Gasteiger partial charge in [0.15, 0.2) is 17.1 Å². The van der Waals surface area contributed by atoms with Crippen molar-refractivity contribution in [3.05, 3.63) is 60.1 Å². The standard InChI is InChI=1S/C19H18F2N4O3/c1-27-15-12-13(5-7-14(15)28-19(20)21)6-8-18(26)22-10-9-17-24-23-16-4-2-3-11-25(16)17/h2-8,11-12,19H,9-10H2,1H3,(H,22,26)/b8-6+. The van der Waals surface area contributed by atoms with Crippen LogP contribution in [0.3, 0.4) is 0 Å². The van der Waals surface area contributed by atoms with Gasteiger partial charge >= 0.3 is 6.61 Å². The molecule has 0 fully saturated rings. The van der Waals surface area contributed by atoms with Gasteiger partial charge in [-0.1, -0.05) is 12.1 Å². The molecule has 0 unspecified atom stereocenters. The molecule has 7 nitrogen and oxygen atoms in total. The van der Waals surface area contributed by atoms with Gasteiger partial charge in [-0.05, 0) is 35.9 Å². The van der Waals surface area contributed by atoms with Gasteiger partial charge in [-0.2, -0.15) is 8.78 Å². The van der Waals surface area contributed by atoms with E-state index in [1.54, 1.807) is 12.1 Å². The monoisotopic (exact) mass is 388 g/mol. The van der Waals surface area contributed by atoms with Crippen LogP contribution >= 0.6 is 0 Å². The molecule has 0 atom stereocenters. The molecule has 2 aromatic heterocycles. The van der Waals surface area contributed by atoms with Crippen LogP contribution < -0.4 is 14.8 Å². The van der Waals surface area contributed by atoms with Crippen LogP contribution in [0.2, 0.25) is 0 Å². The van der Waals surface area contributed by atoms with E-state index in [0.29, 0.717) is 18.5 Å². The number of halogens is 2. The number of aromatic nitrogens is 3. The summed E-state index contributed by atoms with van der Waals surface area (Å²) in [5.74, 6) is 0.543. The molecule has 1 aromatic carbocycles. The smallest absolute Gasteiger partial charge is 0.387 e. The third kappa shape index (κ3) is 4.81. The number of pyridine rings is 1. The number of nitrogens with zero attached hydrogens (tertiary/aromatic N) is 3. The number of methoxy groups -OCH3 is 1. The highest BCUT2D eigenvalue weighted by atomic mass is 19.3. The van der Waals surface area contributed by atoms with E-state index in [0.717, 1.165) is 11.5 Å². The average molecular weight is 388 g/mol. The number of ether oxygens (including phenoxy) is 2. The SMILES string of the molecule is COc1cc(/C=C/C(=O)NCCc2nnc3ccccn23)ccc1OC(F)F. The Balaban J connectivity index is 1.55. The van der Waals surface area contributed by atoms with E-state index in [1.165, 1.54) is 25.3 Å². The summed E-state index contributed by atoms with van der Waals surface area (Å²) in [6.45, 7) is -2.55. The zero-order valence-electron chi connectivity index (χ0n) is 15.0. The summed E-state index contributed by atoms with van der Waals surface area (Å²) in [6, 6.07) is 10.0. The van der Waals surface area contributed by atoms with E-state index in [-0.39, 0.29) is 17.4 Å². The lowest BCUT2D eigenvalue weighted by Gasteiger charge is -2.10. The van der Waals surface area contributed by atoms with Crippen molar-refractivity contribution in [3.63, 3.8) is 0 Å².